The van der Waals surface area contributed by atoms with Crippen LogP contribution in [0.3, 0.4) is 0 Å². The Labute approximate surface area is 185 Å². The van der Waals surface area contributed by atoms with Gasteiger partial charge in [0.2, 0.25) is 10.0 Å². The van der Waals surface area contributed by atoms with Crippen LogP contribution in [0.2, 0.25) is 0 Å². The predicted molar refractivity (Wildman–Crippen MR) is 118 cm³/mol. The van der Waals surface area contributed by atoms with E-state index in [1.807, 2.05) is 6.92 Å². The molecule has 0 radical (unpaired) electrons. The van der Waals surface area contributed by atoms with Crippen LogP contribution in [0, 0.1) is 6.92 Å². The number of hydrogen-bond donors (Lipinski definition) is 1. The first-order chi connectivity index (χ1) is 14.7. The van der Waals surface area contributed by atoms with Gasteiger partial charge in [0, 0.05) is 18.2 Å². The molecule has 1 aromatic carbocycles. The fourth-order valence-corrected chi connectivity index (χ4v) is 6.39. The highest BCUT2D eigenvalue weighted by atomic mass is 32.2. The largest absolute Gasteiger partial charge is 0.464 e. The fourth-order valence-electron chi connectivity index (χ4n) is 4.66. The molecule has 0 bridgehead atoms. The lowest BCUT2D eigenvalue weighted by Crippen LogP contribution is -2.56. The SMILES string of the molecule is CCOC(=O)C1(NC(=O)c2cc(S(=O)(=O)N3CCCCC3C)ccc2C)CCCCC1. The second kappa shape index (κ2) is 9.69. The Balaban J connectivity index is 1.90. The van der Waals surface area contributed by atoms with Gasteiger partial charge in [-0.15, -0.1) is 0 Å². The summed E-state index contributed by atoms with van der Waals surface area (Å²) >= 11 is 0. The number of aryl methyl sites for hydroxylation is 1. The van der Waals surface area contributed by atoms with Crippen LogP contribution in [-0.4, -0.2) is 49.3 Å². The summed E-state index contributed by atoms with van der Waals surface area (Å²) in [6, 6.07) is 4.61. The fraction of sp³-hybridized carbons (Fsp3) is 0.652. The van der Waals surface area contributed by atoms with Crippen molar-refractivity contribution in [2.24, 2.45) is 0 Å². The highest BCUT2D eigenvalue weighted by molar-refractivity contribution is 7.89. The number of hydrogen-bond acceptors (Lipinski definition) is 5. The zero-order chi connectivity index (χ0) is 22.6. The topological polar surface area (TPSA) is 92.8 Å². The van der Waals surface area contributed by atoms with Crippen molar-refractivity contribution in [3.63, 3.8) is 0 Å². The molecule has 0 aromatic heterocycles. The highest BCUT2D eigenvalue weighted by Gasteiger charge is 2.42. The molecule has 1 N–H and O–H groups in total. The lowest BCUT2D eigenvalue weighted by atomic mass is 9.81. The molecule has 1 amide bonds. The summed E-state index contributed by atoms with van der Waals surface area (Å²) in [5.74, 6) is -0.845. The molecular weight excluding hydrogens is 416 g/mol. The summed E-state index contributed by atoms with van der Waals surface area (Å²) in [7, 11) is -3.70. The second-order valence-corrected chi connectivity index (χ2v) is 10.6. The molecule has 8 heteroatoms. The molecule has 2 aliphatic rings. The van der Waals surface area contributed by atoms with Gasteiger partial charge in [-0.2, -0.15) is 4.31 Å². The van der Waals surface area contributed by atoms with Gasteiger partial charge < -0.3 is 10.1 Å². The monoisotopic (exact) mass is 450 g/mol. The van der Waals surface area contributed by atoms with E-state index in [2.05, 4.69) is 5.32 Å². The maximum Gasteiger partial charge on any atom is 0.331 e. The quantitative estimate of drug-likeness (QED) is 0.669. The minimum absolute atomic E-state index is 0.0633. The average Bonchev–Trinajstić information content (AvgIpc) is 2.74. The summed E-state index contributed by atoms with van der Waals surface area (Å²) in [4.78, 5) is 26.1. The molecule has 1 aliphatic heterocycles. The molecule has 3 rings (SSSR count). The van der Waals surface area contributed by atoms with Gasteiger partial charge in [-0.25, -0.2) is 13.2 Å². The molecule has 2 fully saturated rings. The van der Waals surface area contributed by atoms with Crippen molar-refractivity contribution in [1.82, 2.24) is 9.62 Å². The summed E-state index contributed by atoms with van der Waals surface area (Å²) in [6.07, 6.45) is 6.42. The zero-order valence-electron chi connectivity index (χ0n) is 18.8. The lowest BCUT2D eigenvalue weighted by molar-refractivity contribution is -0.152. The van der Waals surface area contributed by atoms with Gasteiger partial charge in [-0.1, -0.05) is 31.7 Å². The van der Waals surface area contributed by atoms with E-state index in [9.17, 15) is 18.0 Å². The Morgan fingerprint density at radius 2 is 1.87 bits per heavy atom. The first-order valence-electron chi connectivity index (χ1n) is 11.3. The number of benzene rings is 1. The standard InChI is InChI=1S/C23H34N2O5S/c1-4-30-22(27)23(13-7-5-8-14-23)24-21(26)20-16-19(12-11-17(20)2)31(28,29)25-15-9-6-10-18(25)3/h11-12,16,18H,4-10,13-15H2,1-3H3,(H,24,26). The summed E-state index contributed by atoms with van der Waals surface area (Å²) in [5.41, 5.74) is -0.105. The number of piperidine rings is 1. The van der Waals surface area contributed by atoms with Gasteiger partial charge in [0.25, 0.3) is 5.91 Å². The highest BCUT2D eigenvalue weighted by Crippen LogP contribution is 2.31. The molecule has 1 saturated heterocycles. The van der Waals surface area contributed by atoms with E-state index in [1.54, 1.807) is 26.0 Å². The number of nitrogens with zero attached hydrogens (tertiary/aromatic N) is 1. The van der Waals surface area contributed by atoms with E-state index >= 15 is 0 Å². The Morgan fingerprint density at radius 3 is 2.52 bits per heavy atom. The van der Waals surface area contributed by atoms with Gasteiger partial charge in [-0.05, 0) is 64.2 Å². The first-order valence-corrected chi connectivity index (χ1v) is 12.8. The third-order valence-corrected chi connectivity index (χ3v) is 8.54. The zero-order valence-corrected chi connectivity index (χ0v) is 19.6. The minimum Gasteiger partial charge on any atom is -0.464 e. The number of sulfonamides is 1. The predicted octanol–water partition coefficient (Wildman–Crippen LogP) is 3.55. The van der Waals surface area contributed by atoms with Gasteiger partial charge in [0.1, 0.15) is 5.54 Å². The molecule has 31 heavy (non-hydrogen) atoms. The number of carbonyl (C=O) groups is 2. The maximum absolute atomic E-state index is 13.3. The number of amides is 1. The molecule has 1 aromatic rings. The van der Waals surface area contributed by atoms with Gasteiger partial charge in [-0.3, -0.25) is 4.79 Å². The van der Waals surface area contributed by atoms with Crippen molar-refractivity contribution in [3.8, 4) is 0 Å². The van der Waals surface area contributed by atoms with Crippen molar-refractivity contribution in [3.05, 3.63) is 29.3 Å². The molecule has 1 unspecified atom stereocenters. The van der Waals surface area contributed by atoms with Crippen molar-refractivity contribution in [2.75, 3.05) is 13.2 Å². The van der Waals surface area contributed by atoms with Crippen LogP contribution in [0.1, 0.15) is 81.1 Å². The summed E-state index contributed by atoms with van der Waals surface area (Å²) < 4.78 is 33.3. The number of esters is 1. The van der Waals surface area contributed by atoms with E-state index < -0.39 is 27.4 Å². The molecule has 1 aliphatic carbocycles. The average molecular weight is 451 g/mol. The molecule has 1 saturated carbocycles. The number of ether oxygens (including phenoxy) is 1. The number of carbonyl (C=O) groups excluding carboxylic acids is 2. The van der Waals surface area contributed by atoms with Crippen molar-refractivity contribution < 1.29 is 22.7 Å². The summed E-state index contributed by atoms with van der Waals surface area (Å²) in [5, 5.41) is 2.92. The van der Waals surface area contributed by atoms with Crippen LogP contribution in [0.4, 0.5) is 0 Å². The Morgan fingerprint density at radius 1 is 1.16 bits per heavy atom. The smallest absolute Gasteiger partial charge is 0.331 e. The molecule has 172 valence electrons. The van der Waals surface area contributed by atoms with Crippen LogP contribution in [0.5, 0.6) is 0 Å². The molecular formula is C23H34N2O5S. The van der Waals surface area contributed by atoms with Crippen molar-refractivity contribution >= 4 is 21.9 Å². The van der Waals surface area contributed by atoms with Crippen LogP contribution in [0.15, 0.2) is 23.1 Å². The molecule has 1 atom stereocenters. The van der Waals surface area contributed by atoms with Crippen LogP contribution in [0.25, 0.3) is 0 Å². The van der Waals surface area contributed by atoms with Gasteiger partial charge in [0.05, 0.1) is 11.5 Å². The second-order valence-electron chi connectivity index (χ2n) is 8.75. The molecule has 7 nitrogen and oxygen atoms in total. The van der Waals surface area contributed by atoms with E-state index in [-0.39, 0.29) is 23.1 Å². The first kappa shape index (κ1) is 23.7. The molecule has 0 spiro atoms. The lowest BCUT2D eigenvalue weighted by Gasteiger charge is -2.35. The van der Waals surface area contributed by atoms with Crippen LogP contribution >= 0.6 is 0 Å². The van der Waals surface area contributed by atoms with Crippen molar-refractivity contribution in [1.29, 1.82) is 0 Å². The van der Waals surface area contributed by atoms with E-state index in [0.29, 0.717) is 24.9 Å². The Hall–Kier alpha value is -1.93. The maximum atomic E-state index is 13.3. The van der Waals surface area contributed by atoms with Gasteiger partial charge >= 0.3 is 5.97 Å². The number of rotatable bonds is 6. The minimum atomic E-state index is -3.70. The Bertz CT molecular complexity index is 922. The summed E-state index contributed by atoms with van der Waals surface area (Å²) in [6.45, 7) is 6.18. The Kier molecular flexibility index (Phi) is 7.42. The third-order valence-electron chi connectivity index (χ3n) is 6.53. The van der Waals surface area contributed by atoms with Crippen LogP contribution in [-0.2, 0) is 19.6 Å². The number of nitrogens with one attached hydrogen (secondary N) is 1. The van der Waals surface area contributed by atoms with Crippen molar-refractivity contribution in [2.45, 2.75) is 88.6 Å². The van der Waals surface area contributed by atoms with Crippen LogP contribution < -0.4 is 5.32 Å². The van der Waals surface area contributed by atoms with Gasteiger partial charge in [0.15, 0.2) is 0 Å². The van der Waals surface area contributed by atoms with E-state index in [1.165, 1.54) is 10.4 Å². The molecule has 1 heterocycles. The van der Waals surface area contributed by atoms with E-state index in [0.717, 1.165) is 38.5 Å². The third kappa shape index (κ3) is 4.95. The normalized spacial score (nSPS) is 22.0. The van der Waals surface area contributed by atoms with E-state index in [4.69, 9.17) is 4.74 Å².